The summed E-state index contributed by atoms with van der Waals surface area (Å²) in [5, 5.41) is 2.68. The first-order chi connectivity index (χ1) is 7.24. The van der Waals surface area contributed by atoms with Crippen LogP contribution in [0, 0.1) is 6.92 Å². The summed E-state index contributed by atoms with van der Waals surface area (Å²) in [4.78, 5) is 11.2. The normalized spacial score (nSPS) is 10.2. The molecule has 0 fully saturated rings. The van der Waals surface area contributed by atoms with Crippen LogP contribution in [-0.4, -0.2) is 12.5 Å². The smallest absolute Gasteiger partial charge is 0.244 e. The lowest BCUT2D eigenvalue weighted by atomic mass is 10.1. The zero-order chi connectivity index (χ0) is 11.1. The van der Waals surface area contributed by atoms with E-state index >= 15 is 0 Å². The minimum atomic E-state index is -0.0989. The van der Waals surface area contributed by atoms with E-state index in [9.17, 15) is 4.79 Å². The summed E-state index contributed by atoms with van der Waals surface area (Å²) < 4.78 is 0. The quantitative estimate of drug-likeness (QED) is 0.588. The summed E-state index contributed by atoms with van der Waals surface area (Å²) in [5.74, 6) is -0.0989. The second-order valence-electron chi connectivity index (χ2n) is 3.22. The van der Waals surface area contributed by atoms with Crippen LogP contribution in [0.1, 0.15) is 11.1 Å². The molecule has 0 unspecified atom stereocenters. The number of rotatable bonds is 4. The Kier molecular flexibility index (Phi) is 4.35. The van der Waals surface area contributed by atoms with Gasteiger partial charge < -0.3 is 5.32 Å². The molecule has 0 aromatic heterocycles. The average molecular weight is 201 g/mol. The molecule has 0 bridgehead atoms. The van der Waals surface area contributed by atoms with E-state index in [-0.39, 0.29) is 5.91 Å². The molecule has 0 aliphatic carbocycles. The Labute approximate surface area is 90.3 Å². The molecule has 0 spiro atoms. The third kappa shape index (κ3) is 3.81. The van der Waals surface area contributed by atoms with Gasteiger partial charge in [0.25, 0.3) is 0 Å². The Morgan fingerprint density at radius 2 is 2.20 bits per heavy atom. The SMILES string of the molecule is C=CCNC(=O)/C=C/c1ccccc1C. The first-order valence-electron chi connectivity index (χ1n) is 4.86. The van der Waals surface area contributed by atoms with Crippen LogP contribution in [-0.2, 0) is 4.79 Å². The van der Waals surface area contributed by atoms with Crippen molar-refractivity contribution in [3.05, 3.63) is 54.1 Å². The molecule has 1 rings (SSSR count). The van der Waals surface area contributed by atoms with E-state index < -0.39 is 0 Å². The fraction of sp³-hybridized carbons (Fsp3) is 0.154. The van der Waals surface area contributed by atoms with Crippen molar-refractivity contribution in [2.75, 3.05) is 6.54 Å². The van der Waals surface area contributed by atoms with Crippen LogP contribution in [0.15, 0.2) is 43.0 Å². The highest BCUT2D eigenvalue weighted by molar-refractivity contribution is 5.91. The maximum absolute atomic E-state index is 11.2. The van der Waals surface area contributed by atoms with E-state index in [0.717, 1.165) is 11.1 Å². The van der Waals surface area contributed by atoms with Crippen LogP contribution in [0.4, 0.5) is 0 Å². The second kappa shape index (κ2) is 5.81. The number of hydrogen-bond donors (Lipinski definition) is 1. The maximum atomic E-state index is 11.2. The lowest BCUT2D eigenvalue weighted by Gasteiger charge is -1.99. The monoisotopic (exact) mass is 201 g/mol. The van der Waals surface area contributed by atoms with Gasteiger partial charge in [0.1, 0.15) is 0 Å². The van der Waals surface area contributed by atoms with Crippen LogP contribution in [0.2, 0.25) is 0 Å². The van der Waals surface area contributed by atoms with Crippen LogP contribution in [0.25, 0.3) is 6.08 Å². The van der Waals surface area contributed by atoms with Gasteiger partial charge in [0.05, 0.1) is 0 Å². The minimum Gasteiger partial charge on any atom is -0.349 e. The highest BCUT2D eigenvalue weighted by Crippen LogP contribution is 2.08. The van der Waals surface area contributed by atoms with Crippen molar-refractivity contribution in [2.45, 2.75) is 6.92 Å². The number of carbonyl (C=O) groups is 1. The summed E-state index contributed by atoms with van der Waals surface area (Å²) in [6, 6.07) is 7.92. The number of benzene rings is 1. The van der Waals surface area contributed by atoms with Crippen molar-refractivity contribution in [2.24, 2.45) is 0 Å². The molecule has 1 aromatic rings. The van der Waals surface area contributed by atoms with Gasteiger partial charge in [-0.3, -0.25) is 4.79 Å². The van der Waals surface area contributed by atoms with E-state index in [1.807, 2.05) is 37.3 Å². The molecule has 1 aromatic carbocycles. The van der Waals surface area contributed by atoms with E-state index in [4.69, 9.17) is 0 Å². The largest absolute Gasteiger partial charge is 0.349 e. The molecule has 15 heavy (non-hydrogen) atoms. The topological polar surface area (TPSA) is 29.1 Å². The first kappa shape index (κ1) is 11.2. The number of carbonyl (C=O) groups excluding carboxylic acids is 1. The van der Waals surface area contributed by atoms with Gasteiger partial charge in [-0.05, 0) is 24.1 Å². The fourth-order valence-electron chi connectivity index (χ4n) is 1.17. The van der Waals surface area contributed by atoms with Crippen molar-refractivity contribution in [1.82, 2.24) is 5.32 Å². The minimum absolute atomic E-state index is 0.0989. The second-order valence-corrected chi connectivity index (χ2v) is 3.22. The van der Waals surface area contributed by atoms with Gasteiger partial charge in [0.15, 0.2) is 0 Å². The Hall–Kier alpha value is -1.83. The Morgan fingerprint density at radius 1 is 1.47 bits per heavy atom. The Morgan fingerprint density at radius 3 is 2.87 bits per heavy atom. The molecule has 0 heterocycles. The van der Waals surface area contributed by atoms with E-state index in [1.165, 1.54) is 6.08 Å². The van der Waals surface area contributed by atoms with E-state index in [0.29, 0.717) is 6.54 Å². The molecular weight excluding hydrogens is 186 g/mol. The number of hydrogen-bond acceptors (Lipinski definition) is 1. The van der Waals surface area contributed by atoms with Gasteiger partial charge in [-0.25, -0.2) is 0 Å². The molecule has 1 N–H and O–H groups in total. The van der Waals surface area contributed by atoms with Gasteiger partial charge in [0.2, 0.25) is 5.91 Å². The van der Waals surface area contributed by atoms with Crippen molar-refractivity contribution in [3.8, 4) is 0 Å². The predicted molar refractivity (Wildman–Crippen MR) is 63.4 cm³/mol. The zero-order valence-corrected chi connectivity index (χ0v) is 8.86. The van der Waals surface area contributed by atoms with Gasteiger partial charge in [-0.15, -0.1) is 6.58 Å². The summed E-state index contributed by atoms with van der Waals surface area (Å²) in [5.41, 5.74) is 2.22. The van der Waals surface area contributed by atoms with Crippen LogP contribution in [0.5, 0.6) is 0 Å². The lowest BCUT2D eigenvalue weighted by molar-refractivity contribution is -0.116. The molecule has 78 valence electrons. The molecule has 2 heteroatoms. The van der Waals surface area contributed by atoms with Crippen molar-refractivity contribution >= 4 is 12.0 Å². The molecule has 0 saturated carbocycles. The van der Waals surface area contributed by atoms with Gasteiger partial charge in [0, 0.05) is 12.6 Å². The number of nitrogens with one attached hydrogen (secondary N) is 1. The average Bonchev–Trinajstić information content (AvgIpc) is 2.25. The Balaban J connectivity index is 2.61. The lowest BCUT2D eigenvalue weighted by Crippen LogP contribution is -2.20. The van der Waals surface area contributed by atoms with Gasteiger partial charge in [-0.2, -0.15) is 0 Å². The van der Waals surface area contributed by atoms with Crippen molar-refractivity contribution < 1.29 is 4.79 Å². The molecule has 0 saturated heterocycles. The van der Waals surface area contributed by atoms with Crippen LogP contribution < -0.4 is 5.32 Å². The van der Waals surface area contributed by atoms with Crippen LogP contribution in [0.3, 0.4) is 0 Å². The fourth-order valence-corrected chi connectivity index (χ4v) is 1.17. The van der Waals surface area contributed by atoms with Gasteiger partial charge in [-0.1, -0.05) is 30.3 Å². The molecular formula is C13H15NO. The highest BCUT2D eigenvalue weighted by Gasteiger charge is 1.94. The maximum Gasteiger partial charge on any atom is 0.244 e. The first-order valence-corrected chi connectivity index (χ1v) is 4.86. The van der Waals surface area contributed by atoms with Crippen molar-refractivity contribution in [1.29, 1.82) is 0 Å². The van der Waals surface area contributed by atoms with Crippen molar-refractivity contribution in [3.63, 3.8) is 0 Å². The zero-order valence-electron chi connectivity index (χ0n) is 8.86. The third-order valence-electron chi connectivity index (χ3n) is 2.02. The molecule has 0 aliphatic heterocycles. The van der Waals surface area contributed by atoms with Gasteiger partial charge >= 0.3 is 0 Å². The number of aryl methyl sites for hydroxylation is 1. The standard InChI is InChI=1S/C13H15NO/c1-3-10-14-13(15)9-8-12-7-5-4-6-11(12)2/h3-9H,1,10H2,2H3,(H,14,15)/b9-8+. The van der Waals surface area contributed by atoms with E-state index in [2.05, 4.69) is 11.9 Å². The summed E-state index contributed by atoms with van der Waals surface area (Å²) in [6.07, 6.45) is 5.00. The summed E-state index contributed by atoms with van der Waals surface area (Å²) >= 11 is 0. The molecule has 0 atom stereocenters. The molecule has 2 nitrogen and oxygen atoms in total. The molecule has 0 radical (unpaired) electrons. The Bertz CT molecular complexity index is 380. The predicted octanol–water partition coefficient (Wildman–Crippen LogP) is 2.31. The molecule has 1 amide bonds. The molecule has 0 aliphatic rings. The highest BCUT2D eigenvalue weighted by atomic mass is 16.1. The third-order valence-corrected chi connectivity index (χ3v) is 2.02. The number of amides is 1. The van der Waals surface area contributed by atoms with Crippen LogP contribution >= 0.6 is 0 Å². The summed E-state index contributed by atoms with van der Waals surface area (Å²) in [7, 11) is 0. The van der Waals surface area contributed by atoms with E-state index in [1.54, 1.807) is 6.08 Å². The summed E-state index contributed by atoms with van der Waals surface area (Å²) in [6.45, 7) is 6.04.